The normalized spacial score (nSPS) is 27.1. The molecule has 0 spiro atoms. The van der Waals surface area contributed by atoms with Crippen LogP contribution in [0, 0.1) is 48.2 Å². The molecule has 4 aliphatic heterocycles. The number of aliphatic hydroxyl groups excluding tert-OH is 1. The number of carbonyl (C=O) groups is 6. The number of allylic oxidation sites excluding steroid dienone is 5. The minimum atomic E-state index is -4.19. The third-order valence-corrected chi connectivity index (χ3v) is 26.8. The van der Waals surface area contributed by atoms with Gasteiger partial charge >= 0.3 is 5.97 Å². The first kappa shape index (κ1) is 109. The van der Waals surface area contributed by atoms with Crippen molar-refractivity contribution in [3.05, 3.63) is 119 Å². The highest BCUT2D eigenvalue weighted by molar-refractivity contribution is 7.91. The minimum absolute atomic E-state index is 0.0102. The predicted molar refractivity (Wildman–Crippen MR) is 492 cm³/mol. The van der Waals surface area contributed by atoms with Gasteiger partial charge in [0, 0.05) is 115 Å². The number of hydrogen-bond donors (Lipinski definition) is 5. The Balaban J connectivity index is 0.651. The number of methoxy groups -OCH3 is 4. The number of nitrogen functional groups attached to an aromatic ring is 1. The molecule has 6 N–H and O–H groups in total. The summed E-state index contributed by atoms with van der Waals surface area (Å²) in [7, 11) is 2.03. The fraction of sp³-hybridized carbons (Fsp3) is 0.667. The SMILES string of the molecule is CO[C@H]1C[C@@H]2CC[C@@H](C)[C@@](O)(O2)C(=O)C(=O)N2CCCC[C@H]2C(=O)O[C@H]([C@H](C)C[C@@H]2CCC(OC(=S)NCCOCCOCCOCCOCCOCCOCCOCCOCCC(=O)NCCS(=O)(=O)c3ccc(C(=O)N4CCOc5ccc(-c6ccc(N)nc6)cc5C4)c(C)c3F)[C@H](OC)C2)C[C@@H](OC)[C@H](C)/C=C(\C)[C@@H](O)[C@@H](OC)C(=O)[C@H](C)C[C@H](C)/C=C/C=C/C=C/1C. The molecule has 3 aromatic rings. The Hall–Kier alpha value is -7.66. The van der Waals surface area contributed by atoms with Gasteiger partial charge in [-0.15, -0.1) is 0 Å². The molecule has 1 unspecified atom stereocenters. The quantitative estimate of drug-likeness (QED) is 0.0116. The van der Waals surface area contributed by atoms with E-state index in [2.05, 4.69) is 15.6 Å². The molecule has 1 aromatic heterocycles. The van der Waals surface area contributed by atoms with E-state index in [9.17, 15) is 47.4 Å². The highest BCUT2D eigenvalue weighted by atomic mass is 32.2. The van der Waals surface area contributed by atoms with Gasteiger partial charge in [0.15, 0.2) is 15.6 Å². The molecule has 35 heteroatoms. The number of thiocarbonyl (C=S) groups is 1. The van der Waals surface area contributed by atoms with Crippen molar-refractivity contribution in [1.82, 2.24) is 25.4 Å². The number of anilines is 1. The zero-order chi connectivity index (χ0) is 95.0. The number of halogens is 1. The number of rotatable bonds is 41. The summed E-state index contributed by atoms with van der Waals surface area (Å²) in [6.45, 7) is 20.7. The minimum Gasteiger partial charge on any atom is -0.491 e. The number of ketones is 2. The Morgan fingerprint density at radius 2 is 1.34 bits per heavy atom. The van der Waals surface area contributed by atoms with Crippen LogP contribution in [0.2, 0.25) is 0 Å². The summed E-state index contributed by atoms with van der Waals surface area (Å²) in [6.07, 6.45) is 13.5. The molecule has 2 bridgehead atoms. The van der Waals surface area contributed by atoms with Crippen LogP contribution in [0.1, 0.15) is 153 Å². The van der Waals surface area contributed by atoms with Crippen molar-refractivity contribution >= 4 is 68.3 Å². The number of fused-ring (bicyclic) bond motifs is 4. The number of hydrogen-bond acceptors (Lipinski definition) is 29. The molecule has 2 aromatic carbocycles. The zero-order valence-electron chi connectivity index (χ0n) is 78.5. The summed E-state index contributed by atoms with van der Waals surface area (Å²) in [4.78, 5) is 90.8. The lowest BCUT2D eigenvalue weighted by molar-refractivity contribution is -0.265. The molecule has 32 nitrogen and oxygen atoms in total. The molecule has 3 fully saturated rings. The van der Waals surface area contributed by atoms with Gasteiger partial charge in [0.25, 0.3) is 22.8 Å². The van der Waals surface area contributed by atoms with E-state index in [-0.39, 0.29) is 130 Å². The first-order valence-corrected chi connectivity index (χ1v) is 48.1. The zero-order valence-corrected chi connectivity index (χ0v) is 80.1. The molecular weight excluding hydrogens is 1740 g/mol. The molecule has 1 saturated carbocycles. The Morgan fingerprint density at radius 3 is 1.96 bits per heavy atom. The van der Waals surface area contributed by atoms with E-state index in [1.807, 2.05) is 95.3 Å². The average molecular weight is 1880 g/mol. The number of esters is 1. The van der Waals surface area contributed by atoms with Gasteiger partial charge < -0.3 is 112 Å². The van der Waals surface area contributed by atoms with Crippen LogP contribution in [0.25, 0.3) is 11.1 Å². The highest BCUT2D eigenvalue weighted by Gasteiger charge is 2.53. The van der Waals surface area contributed by atoms with Gasteiger partial charge in [0.2, 0.25) is 11.7 Å². The molecule has 5 aliphatic rings. The van der Waals surface area contributed by atoms with Gasteiger partial charge in [0.05, 0.1) is 142 Å². The monoisotopic (exact) mass is 1880 g/mol. The molecule has 1 aliphatic carbocycles. The molecule has 5 heterocycles. The third kappa shape index (κ3) is 34.3. The maximum atomic E-state index is 15.8. The standard InChI is InChI=1S/C96H143FN6O26S2/c1-63-18-14-13-15-19-64(2)80(114-9)59-75-25-21-69(7)96(111,129-75)91(107)93(109)103-34-17-16-20-77(103)94(110)127-82(60-81(115-10)65(3)55-68(6)89(106)90(117-12)88(105)67(5)54-63)66(4)56-71-22-27-79(83(57-71)116-11)128-95(130)100-32-37-119-40-42-121-44-46-123-48-50-125-52-51-124-49-47-122-45-43-120-41-39-118-36-31-86(104)99-33-53-131(112,113)84-29-26-76(70(8)87(84)97)92(108)102-35-38-126-78-28-23-72(58-74(78)62-102)73-24-30-85(98)101-61-73/h13-15,18-19,23-24,26,28-30,55,58,61,63,65-67,69,71,75,77,79-83,89-90,106,111H,16-17,20-22,25,27,31-54,56-57,59-60,62H2,1-12H3,(H2,98,101)(H,99,104)(H,100,130)/b15-13+,18-14+,64-19+,68-55+/t63-,65-,66-,67-,69-,71+,75+,77+,79?,80+,81-,82+,83-,89-,90+,96-/m1/s1. The largest absolute Gasteiger partial charge is 0.491 e. The number of nitrogens with two attached hydrogens (primary N) is 1. The molecule has 732 valence electrons. The number of nitrogens with one attached hydrogen (secondary N) is 2. The fourth-order valence-electron chi connectivity index (χ4n) is 17.0. The second-order valence-electron chi connectivity index (χ2n) is 34.5. The van der Waals surface area contributed by atoms with E-state index < -0.39 is 116 Å². The van der Waals surface area contributed by atoms with E-state index in [0.29, 0.717) is 167 Å². The number of ether oxygens (including phenoxy) is 16. The maximum Gasteiger partial charge on any atom is 0.329 e. The number of piperidine rings is 1. The van der Waals surface area contributed by atoms with E-state index >= 15 is 4.39 Å². The predicted octanol–water partition coefficient (Wildman–Crippen LogP) is 9.76. The van der Waals surface area contributed by atoms with E-state index in [1.165, 1.54) is 29.9 Å². The number of pyridine rings is 1. The topological polar surface area (TPSA) is 394 Å². The van der Waals surface area contributed by atoms with Crippen molar-refractivity contribution in [2.45, 2.75) is 211 Å². The van der Waals surface area contributed by atoms with Crippen molar-refractivity contribution < 1.29 is 128 Å². The van der Waals surface area contributed by atoms with Crippen LogP contribution in [0.5, 0.6) is 5.75 Å². The first-order valence-electron chi connectivity index (χ1n) is 46.0. The van der Waals surface area contributed by atoms with Crippen molar-refractivity contribution in [1.29, 1.82) is 0 Å². The van der Waals surface area contributed by atoms with Crippen LogP contribution in [0.15, 0.2) is 101 Å². The number of cyclic esters (lactones) is 1. The number of carbonyl (C=O) groups excluding carboxylic acids is 6. The van der Waals surface area contributed by atoms with E-state index in [4.69, 9.17) is 93.7 Å². The second-order valence-corrected chi connectivity index (χ2v) is 37.0. The van der Waals surface area contributed by atoms with Crippen LogP contribution < -0.4 is 21.1 Å². The van der Waals surface area contributed by atoms with Crippen LogP contribution >= 0.6 is 12.2 Å². The van der Waals surface area contributed by atoms with Crippen molar-refractivity contribution in [2.75, 3.05) is 178 Å². The van der Waals surface area contributed by atoms with Crippen LogP contribution in [-0.4, -0.2) is 307 Å². The lowest BCUT2D eigenvalue weighted by atomic mass is 9.78. The number of aliphatic hydroxyl groups is 2. The molecule has 16 atom stereocenters. The number of benzene rings is 2. The lowest BCUT2D eigenvalue weighted by Crippen LogP contribution is -2.61. The first-order chi connectivity index (χ1) is 62.9. The molecular formula is C96H143FN6O26S2. The fourth-order valence-corrected chi connectivity index (χ4v) is 18.6. The summed E-state index contributed by atoms with van der Waals surface area (Å²) in [5, 5.41) is 29.9. The number of amides is 3. The lowest BCUT2D eigenvalue weighted by Gasteiger charge is -2.43. The van der Waals surface area contributed by atoms with Crippen molar-refractivity contribution in [3.8, 4) is 16.9 Å². The number of aromatic nitrogens is 1. The van der Waals surface area contributed by atoms with Crippen LogP contribution in [0.3, 0.4) is 0 Å². The molecule has 2 saturated heterocycles. The van der Waals surface area contributed by atoms with Gasteiger partial charge in [-0.05, 0) is 174 Å². The number of Topliss-reactive ketones (excluding diaryl/α,β-unsaturated/α-hetero) is 2. The third-order valence-electron chi connectivity index (χ3n) is 24.8. The van der Waals surface area contributed by atoms with Crippen LogP contribution in [0.4, 0.5) is 10.2 Å². The Morgan fingerprint density at radius 1 is 0.695 bits per heavy atom. The maximum absolute atomic E-state index is 15.8. The summed E-state index contributed by atoms with van der Waals surface area (Å²) in [5.41, 5.74) is 9.47. The Bertz CT molecular complexity index is 4330. The van der Waals surface area contributed by atoms with Gasteiger partial charge in [0.1, 0.15) is 59.3 Å². The van der Waals surface area contributed by atoms with Gasteiger partial charge in [-0.25, -0.2) is 22.6 Å². The average Bonchev–Trinajstić information content (AvgIpc) is 1.13. The van der Waals surface area contributed by atoms with Crippen molar-refractivity contribution in [2.24, 2.45) is 35.5 Å². The van der Waals surface area contributed by atoms with Crippen molar-refractivity contribution in [3.63, 3.8) is 0 Å². The Labute approximate surface area is 777 Å². The second kappa shape index (κ2) is 56.6. The summed E-state index contributed by atoms with van der Waals surface area (Å²) in [5.74, 6) is -8.71. The summed E-state index contributed by atoms with van der Waals surface area (Å²) >= 11 is 5.64. The molecule has 3 amide bonds. The molecule has 131 heavy (non-hydrogen) atoms. The van der Waals surface area contributed by atoms with Gasteiger partial charge in [-0.1, -0.05) is 77.1 Å². The van der Waals surface area contributed by atoms with Crippen LogP contribution in [-0.2, 0) is 111 Å². The molecule has 8 rings (SSSR count). The summed E-state index contributed by atoms with van der Waals surface area (Å²) in [6, 6.07) is 10.4. The van der Waals surface area contributed by atoms with E-state index in [0.717, 1.165) is 34.8 Å². The smallest absolute Gasteiger partial charge is 0.329 e. The van der Waals surface area contributed by atoms with Gasteiger partial charge in [-0.3, -0.25) is 24.0 Å². The Kier molecular flexibility index (Phi) is 47.0. The van der Waals surface area contributed by atoms with E-state index in [1.54, 1.807) is 47.4 Å². The number of sulfone groups is 1. The summed E-state index contributed by atoms with van der Waals surface area (Å²) < 4.78 is 136. The molecule has 0 radical (unpaired) electrons. The van der Waals surface area contributed by atoms with Gasteiger partial charge in [-0.2, -0.15) is 0 Å². The highest BCUT2D eigenvalue weighted by Crippen LogP contribution is 2.40. The number of nitrogens with zero attached hydrogens (tertiary/aromatic N) is 3.